The average Bonchev–Trinajstić information content (AvgIpc) is 2.98. The quantitative estimate of drug-likeness (QED) is 0.616. The minimum Gasteiger partial charge on any atom is -0.231 e. The summed E-state index contributed by atoms with van der Waals surface area (Å²) in [6, 6.07) is 15.2. The van der Waals surface area contributed by atoms with Crippen molar-refractivity contribution in [2.24, 2.45) is 0 Å². The molecule has 24 heavy (non-hydrogen) atoms. The van der Waals surface area contributed by atoms with Gasteiger partial charge >= 0.3 is 11.3 Å². The zero-order valence-corrected chi connectivity index (χ0v) is 13.8. The van der Waals surface area contributed by atoms with Crippen LogP contribution in [0.1, 0.15) is 12.5 Å². The van der Waals surface area contributed by atoms with E-state index in [-0.39, 0.29) is 0 Å². The molecule has 0 bridgehead atoms. The number of nitrogens with one attached hydrogen (secondary N) is 1. The molecule has 0 unspecified atom stereocenters. The molecule has 1 aromatic heterocycles. The van der Waals surface area contributed by atoms with Crippen molar-refractivity contribution in [3.05, 3.63) is 65.5 Å². The minimum atomic E-state index is -4.34. The van der Waals surface area contributed by atoms with E-state index in [2.05, 4.69) is 9.88 Å². The molecule has 0 atom stereocenters. The molecule has 1 heterocycles. The van der Waals surface area contributed by atoms with Gasteiger partial charge in [0.2, 0.25) is 0 Å². The third-order valence-corrected chi connectivity index (χ3v) is 4.53. The average molecular weight is 349 g/mol. The molecule has 0 saturated carbocycles. The first-order valence-corrected chi connectivity index (χ1v) is 8.38. The van der Waals surface area contributed by atoms with Crippen LogP contribution in [0.5, 0.6) is 0 Å². The Hall–Kier alpha value is -2.34. The number of benzene rings is 2. The van der Waals surface area contributed by atoms with Gasteiger partial charge in [0.15, 0.2) is 0 Å². The Bertz CT molecular complexity index is 826. The summed E-state index contributed by atoms with van der Waals surface area (Å²) in [7, 11) is 0. The summed E-state index contributed by atoms with van der Waals surface area (Å²) in [5, 5.41) is 5.92. The highest BCUT2D eigenvalue weighted by molar-refractivity contribution is 7.13. The van der Waals surface area contributed by atoms with Crippen LogP contribution in [0.25, 0.3) is 11.3 Å². The maximum atomic E-state index is 12.8. The molecule has 0 aliphatic heterocycles. The molecule has 0 radical (unpaired) electrons. The molecule has 0 aliphatic carbocycles. The second kappa shape index (κ2) is 6.65. The van der Waals surface area contributed by atoms with Gasteiger partial charge in [-0.2, -0.15) is 13.2 Å². The second-order valence-corrected chi connectivity index (χ2v) is 6.10. The van der Waals surface area contributed by atoms with Crippen molar-refractivity contribution in [2.45, 2.75) is 19.6 Å². The van der Waals surface area contributed by atoms with Crippen molar-refractivity contribution in [3.63, 3.8) is 0 Å². The fourth-order valence-electron chi connectivity index (χ4n) is 2.49. The van der Waals surface area contributed by atoms with Crippen LogP contribution in [-0.4, -0.2) is 0 Å². The SMILES string of the molecule is CC[n+]1c(-c2ccccc2)csc1Nc1cccc(C(F)(F)F)c1. The van der Waals surface area contributed by atoms with Crippen LogP contribution in [0.3, 0.4) is 0 Å². The van der Waals surface area contributed by atoms with E-state index in [0.717, 1.165) is 35.1 Å². The van der Waals surface area contributed by atoms with Crippen molar-refractivity contribution in [2.75, 3.05) is 5.32 Å². The standard InChI is InChI=1S/C18H15F3N2S/c1-2-23-16(13-7-4-3-5-8-13)12-24-17(23)22-15-10-6-9-14(11-15)18(19,20)21/h3-12H,2H2,1H3/p+1. The van der Waals surface area contributed by atoms with E-state index < -0.39 is 11.7 Å². The van der Waals surface area contributed by atoms with Gasteiger partial charge in [-0.3, -0.25) is 0 Å². The lowest BCUT2D eigenvalue weighted by atomic mass is 10.2. The third-order valence-electron chi connectivity index (χ3n) is 3.65. The first-order chi connectivity index (χ1) is 11.5. The van der Waals surface area contributed by atoms with Crippen molar-refractivity contribution in [3.8, 4) is 11.3 Å². The number of nitrogens with zero attached hydrogens (tertiary/aromatic N) is 1. The molecule has 2 nitrogen and oxygen atoms in total. The Kier molecular flexibility index (Phi) is 4.57. The monoisotopic (exact) mass is 349 g/mol. The lowest BCUT2D eigenvalue weighted by Gasteiger charge is -2.07. The Labute approximate surface area is 142 Å². The smallest absolute Gasteiger partial charge is 0.231 e. The number of hydrogen-bond acceptors (Lipinski definition) is 2. The van der Waals surface area contributed by atoms with Gasteiger partial charge in [-0.1, -0.05) is 47.7 Å². The number of anilines is 2. The molecule has 6 heteroatoms. The number of aromatic nitrogens is 1. The maximum Gasteiger partial charge on any atom is 0.416 e. The van der Waals surface area contributed by atoms with E-state index in [9.17, 15) is 13.2 Å². The van der Waals surface area contributed by atoms with Crippen LogP contribution in [-0.2, 0) is 12.7 Å². The summed E-state index contributed by atoms with van der Waals surface area (Å²) in [5.41, 5.74) is 1.88. The number of hydrogen-bond donors (Lipinski definition) is 1. The van der Waals surface area contributed by atoms with E-state index in [0.29, 0.717) is 5.69 Å². The molecule has 2 aromatic carbocycles. The molecule has 0 spiro atoms. The zero-order valence-electron chi connectivity index (χ0n) is 13.0. The zero-order chi connectivity index (χ0) is 17.2. The number of halogens is 3. The van der Waals surface area contributed by atoms with Crippen LogP contribution in [0, 0.1) is 0 Å². The predicted molar refractivity (Wildman–Crippen MR) is 90.4 cm³/mol. The maximum absolute atomic E-state index is 12.8. The summed E-state index contributed by atoms with van der Waals surface area (Å²) in [6.07, 6.45) is -4.34. The number of thiazole rings is 1. The van der Waals surface area contributed by atoms with Gasteiger partial charge < -0.3 is 0 Å². The summed E-state index contributed by atoms with van der Waals surface area (Å²) < 4.78 is 40.6. The summed E-state index contributed by atoms with van der Waals surface area (Å²) >= 11 is 1.47. The summed E-state index contributed by atoms with van der Waals surface area (Å²) in [5.74, 6) is 0. The Balaban J connectivity index is 1.93. The molecule has 0 fully saturated rings. The summed E-state index contributed by atoms with van der Waals surface area (Å²) in [6.45, 7) is 2.73. The normalized spacial score (nSPS) is 11.5. The van der Waals surface area contributed by atoms with E-state index in [1.54, 1.807) is 6.07 Å². The molecule has 0 saturated heterocycles. The van der Waals surface area contributed by atoms with Crippen molar-refractivity contribution in [1.29, 1.82) is 0 Å². The molecule has 0 amide bonds. The Morgan fingerprint density at radius 2 is 1.79 bits per heavy atom. The third kappa shape index (κ3) is 3.43. The van der Waals surface area contributed by atoms with E-state index >= 15 is 0 Å². The highest BCUT2D eigenvalue weighted by atomic mass is 32.1. The highest BCUT2D eigenvalue weighted by Gasteiger charge is 2.31. The molecule has 3 aromatic rings. The van der Waals surface area contributed by atoms with E-state index in [1.807, 2.05) is 42.6 Å². The van der Waals surface area contributed by atoms with Gasteiger partial charge in [0, 0.05) is 10.9 Å². The van der Waals surface area contributed by atoms with Gasteiger partial charge in [-0.15, -0.1) is 0 Å². The van der Waals surface area contributed by atoms with Gasteiger partial charge in [-0.05, 0) is 25.1 Å². The Morgan fingerprint density at radius 1 is 1.04 bits per heavy atom. The van der Waals surface area contributed by atoms with Crippen LogP contribution < -0.4 is 9.88 Å². The molecule has 124 valence electrons. The molecular weight excluding hydrogens is 333 g/mol. The fraction of sp³-hybridized carbons (Fsp3) is 0.167. The first kappa shape index (κ1) is 16.5. The lowest BCUT2D eigenvalue weighted by Crippen LogP contribution is -2.35. The minimum absolute atomic E-state index is 0.425. The fourth-order valence-corrected chi connectivity index (χ4v) is 3.51. The van der Waals surface area contributed by atoms with Gasteiger partial charge in [-0.25, -0.2) is 9.88 Å². The first-order valence-electron chi connectivity index (χ1n) is 7.50. The van der Waals surface area contributed by atoms with Crippen molar-refractivity contribution >= 4 is 22.2 Å². The number of rotatable bonds is 4. The molecule has 0 aliphatic rings. The van der Waals surface area contributed by atoms with Crippen LogP contribution in [0.15, 0.2) is 60.0 Å². The molecular formula is C18H16F3N2S+. The number of alkyl halides is 3. The van der Waals surface area contributed by atoms with Crippen molar-refractivity contribution < 1.29 is 17.7 Å². The van der Waals surface area contributed by atoms with Crippen LogP contribution >= 0.6 is 11.3 Å². The highest BCUT2D eigenvalue weighted by Crippen LogP contribution is 2.32. The molecule has 3 rings (SSSR count). The van der Waals surface area contributed by atoms with Gasteiger partial charge in [0.25, 0.3) is 0 Å². The van der Waals surface area contributed by atoms with Crippen LogP contribution in [0.2, 0.25) is 0 Å². The molecule has 1 N–H and O–H groups in total. The largest absolute Gasteiger partial charge is 0.416 e. The lowest BCUT2D eigenvalue weighted by molar-refractivity contribution is -0.664. The second-order valence-electron chi connectivity index (χ2n) is 5.24. The van der Waals surface area contributed by atoms with Crippen molar-refractivity contribution in [1.82, 2.24) is 0 Å². The topological polar surface area (TPSA) is 15.9 Å². The van der Waals surface area contributed by atoms with Crippen LogP contribution in [0.4, 0.5) is 24.0 Å². The van der Waals surface area contributed by atoms with Gasteiger partial charge in [0.05, 0.1) is 12.1 Å². The van der Waals surface area contributed by atoms with E-state index in [4.69, 9.17) is 0 Å². The van der Waals surface area contributed by atoms with Gasteiger partial charge in [0.1, 0.15) is 11.4 Å². The Morgan fingerprint density at radius 3 is 2.46 bits per heavy atom. The summed E-state index contributed by atoms with van der Waals surface area (Å²) in [4.78, 5) is 0. The predicted octanol–water partition coefficient (Wildman–Crippen LogP) is 5.48. The van der Waals surface area contributed by atoms with E-state index in [1.165, 1.54) is 17.4 Å².